The minimum atomic E-state index is -0.897. The van der Waals surface area contributed by atoms with Crippen molar-refractivity contribution >= 4 is 70.5 Å². The summed E-state index contributed by atoms with van der Waals surface area (Å²) in [5.41, 5.74) is 5.21. The second-order valence-corrected chi connectivity index (χ2v) is 27.3. The van der Waals surface area contributed by atoms with E-state index in [0.717, 1.165) is 11.1 Å². The number of nitrogens with one attached hydrogen (secondary N) is 4. The van der Waals surface area contributed by atoms with Gasteiger partial charge in [-0.1, -0.05) is 107 Å². The molecule has 105 heavy (non-hydrogen) atoms. The van der Waals surface area contributed by atoms with Gasteiger partial charge in [-0.15, -0.1) is 0 Å². The van der Waals surface area contributed by atoms with Crippen molar-refractivity contribution in [3.8, 4) is 17.2 Å². The molecule has 0 unspecified atom stereocenters. The lowest BCUT2D eigenvalue weighted by Crippen LogP contribution is -2.45. The fourth-order valence-electron chi connectivity index (χ4n) is 11.8. The number of aryl methyl sites for hydroxylation is 1. The molecule has 6 amide bonds. The van der Waals surface area contributed by atoms with Gasteiger partial charge in [0.05, 0.1) is 100 Å². The van der Waals surface area contributed by atoms with Crippen molar-refractivity contribution in [3.05, 3.63) is 148 Å². The molecule has 4 aromatic rings. The highest BCUT2D eigenvalue weighted by molar-refractivity contribution is 6.05. The summed E-state index contributed by atoms with van der Waals surface area (Å²) in [6, 6.07) is 17.1. The Hall–Kier alpha value is -9.76. The molecule has 0 aliphatic carbocycles. The van der Waals surface area contributed by atoms with Crippen LogP contribution in [0.3, 0.4) is 0 Å². The molecule has 0 aromatic heterocycles. The molecular weight excluding hydrogens is 1350 g/mol. The summed E-state index contributed by atoms with van der Waals surface area (Å²) in [6.45, 7) is 20.0. The molecule has 2 heterocycles. The van der Waals surface area contributed by atoms with Crippen LogP contribution in [0.1, 0.15) is 155 Å². The third-order valence-electron chi connectivity index (χ3n) is 18.0. The molecule has 0 fully saturated rings. The molecule has 6 atom stereocenters. The normalized spacial score (nSPS) is 15.2. The Morgan fingerprint density at radius 3 is 1.58 bits per heavy atom. The summed E-state index contributed by atoms with van der Waals surface area (Å²) in [4.78, 5) is 137. The van der Waals surface area contributed by atoms with Crippen LogP contribution in [-0.4, -0.2) is 170 Å². The van der Waals surface area contributed by atoms with E-state index in [9.17, 15) is 58.2 Å². The molecule has 26 heteroatoms. The average molecular weight is 1460 g/mol. The topological polar surface area (TPSA) is 340 Å². The summed E-state index contributed by atoms with van der Waals surface area (Å²) >= 11 is 0. The molecule has 0 radical (unpaired) electrons. The Balaban J connectivity index is 1.04. The second kappa shape index (κ2) is 42.3. The van der Waals surface area contributed by atoms with Crippen molar-refractivity contribution < 1.29 is 96.1 Å². The van der Waals surface area contributed by atoms with Gasteiger partial charge in [0.15, 0.2) is 23.1 Å². The van der Waals surface area contributed by atoms with Crippen LogP contribution in [0.4, 0.5) is 25.8 Å². The van der Waals surface area contributed by atoms with Crippen LogP contribution in [0, 0.1) is 30.6 Å². The van der Waals surface area contributed by atoms with Crippen LogP contribution in [-0.2, 0) is 73.7 Å². The molecule has 26 nitrogen and oxygen atoms in total. The number of ketones is 4. The quantitative estimate of drug-likeness (QED) is 0.0136. The van der Waals surface area contributed by atoms with E-state index in [0.29, 0.717) is 78.9 Å². The summed E-state index contributed by atoms with van der Waals surface area (Å²) in [5.74, 6) is -3.04. The number of hydrogen-bond acceptors (Lipinski definition) is 20. The number of benzene rings is 4. The van der Waals surface area contributed by atoms with Gasteiger partial charge >= 0.3 is 18.3 Å². The van der Waals surface area contributed by atoms with Crippen molar-refractivity contribution in [2.75, 3.05) is 77.7 Å². The Kier molecular flexibility index (Phi) is 33.9. The number of nitrogens with zero attached hydrogens (tertiary/aromatic N) is 2. The van der Waals surface area contributed by atoms with Crippen LogP contribution < -0.4 is 35.5 Å². The van der Waals surface area contributed by atoms with Crippen LogP contribution in [0.2, 0.25) is 0 Å². The standard InChI is InChI=1S/C79H104N6O20/c1-13-26-103-79(97)83-73(49(4)5)69(91)35-52(8)67(89)36-55-17-21-57(22-18-55)46-105-78(96)82-66-41-72(71(99-12)39-64(66)76(94)85-43-51(7)33-60(85)45-87)102-28-16-14-15-27-101-70-40-65(63(34-53(70)9)75(93)84-42-50(6)32-59(84)44-86)81-77(95)104-47-58-23-19-56(20-24-58)37-68(90)54(10)80-74(92)62(48(2)3)38-61(88)25-29-100-31-30-98-11/h13,17-24,34,39-43,48-49,52,54,59-60,62,73,86-87H,1,14-16,25-33,35-38,44-47H2,2-12H3,(H,80,92)(H,81,95)(H,82,96)(H,83,97)/t52-,54+,59-,60-,62+,73+/m0/s1. The number of rotatable bonds is 43. The molecule has 2 aliphatic heterocycles. The number of carbonyl (C=O) groups is 10. The maximum atomic E-state index is 14.3. The Labute approximate surface area is 614 Å². The maximum Gasteiger partial charge on any atom is 0.411 e. The smallest absolute Gasteiger partial charge is 0.411 e. The lowest BCUT2D eigenvalue weighted by atomic mass is 9.88. The summed E-state index contributed by atoms with van der Waals surface area (Å²) < 4.78 is 44.8. The van der Waals surface area contributed by atoms with E-state index in [2.05, 4.69) is 27.8 Å². The molecule has 0 saturated carbocycles. The summed E-state index contributed by atoms with van der Waals surface area (Å²) in [7, 11) is 2.97. The third kappa shape index (κ3) is 26.1. The van der Waals surface area contributed by atoms with Crippen molar-refractivity contribution in [1.29, 1.82) is 0 Å². The first-order valence-electron chi connectivity index (χ1n) is 35.6. The first-order chi connectivity index (χ1) is 50.2. The number of hydrogen-bond donors (Lipinski definition) is 6. The third-order valence-corrected chi connectivity index (χ3v) is 18.0. The molecule has 570 valence electrons. The molecule has 6 rings (SSSR count). The Morgan fingerprint density at radius 1 is 0.562 bits per heavy atom. The highest BCUT2D eigenvalue weighted by atomic mass is 16.6. The number of amides is 6. The zero-order valence-corrected chi connectivity index (χ0v) is 62.3. The maximum absolute atomic E-state index is 14.3. The molecular formula is C79H104N6O20. The molecule has 6 N–H and O–H groups in total. The van der Waals surface area contributed by atoms with E-state index < -0.39 is 66.1 Å². The van der Waals surface area contributed by atoms with Gasteiger partial charge in [0.2, 0.25) is 5.91 Å². The number of aliphatic hydroxyl groups is 2. The first kappa shape index (κ1) is 84.2. The summed E-state index contributed by atoms with van der Waals surface area (Å²) in [5, 5.41) is 31.2. The average Bonchev–Trinajstić information content (AvgIpc) is 1.77. The van der Waals surface area contributed by atoms with Crippen molar-refractivity contribution in [1.82, 2.24) is 20.4 Å². The van der Waals surface area contributed by atoms with Gasteiger partial charge in [0, 0.05) is 75.6 Å². The van der Waals surface area contributed by atoms with Crippen molar-refractivity contribution in [3.63, 3.8) is 0 Å². The first-order valence-corrected chi connectivity index (χ1v) is 35.6. The Bertz CT molecular complexity index is 3740. The van der Waals surface area contributed by atoms with Gasteiger partial charge in [-0.05, 0) is 112 Å². The number of anilines is 2. The van der Waals surface area contributed by atoms with Crippen LogP contribution in [0.25, 0.3) is 0 Å². The van der Waals surface area contributed by atoms with Crippen molar-refractivity contribution in [2.24, 2.45) is 23.7 Å². The van der Waals surface area contributed by atoms with E-state index >= 15 is 0 Å². The molecule has 4 aromatic carbocycles. The van der Waals surface area contributed by atoms with Crippen LogP contribution in [0.15, 0.2) is 109 Å². The molecule has 0 spiro atoms. The number of ether oxygens (including phenoxy) is 8. The number of unbranched alkanes of at least 4 members (excludes halogenated alkanes) is 2. The predicted octanol–water partition coefficient (Wildman–Crippen LogP) is 10.9. The highest BCUT2D eigenvalue weighted by Crippen LogP contribution is 2.37. The van der Waals surface area contributed by atoms with Crippen LogP contribution >= 0.6 is 0 Å². The lowest BCUT2D eigenvalue weighted by molar-refractivity contribution is -0.133. The largest absolute Gasteiger partial charge is 0.493 e. The fourth-order valence-corrected chi connectivity index (χ4v) is 11.8. The van der Waals surface area contributed by atoms with Crippen LogP contribution in [0.5, 0.6) is 17.2 Å². The number of aliphatic hydroxyl groups excluding tert-OH is 2. The highest BCUT2D eigenvalue weighted by Gasteiger charge is 2.34. The summed E-state index contributed by atoms with van der Waals surface area (Å²) in [6.07, 6.45) is 4.95. The minimum Gasteiger partial charge on any atom is -0.493 e. The van der Waals surface area contributed by atoms with Gasteiger partial charge in [0.1, 0.15) is 37.1 Å². The second-order valence-electron chi connectivity index (χ2n) is 27.3. The molecule has 2 aliphatic rings. The van der Waals surface area contributed by atoms with E-state index in [-0.39, 0.29) is 160 Å². The van der Waals surface area contributed by atoms with Gasteiger partial charge in [-0.25, -0.2) is 14.4 Å². The van der Waals surface area contributed by atoms with E-state index in [1.165, 1.54) is 35.1 Å². The number of methoxy groups -OCH3 is 2. The van der Waals surface area contributed by atoms with Gasteiger partial charge in [0.25, 0.3) is 11.8 Å². The minimum absolute atomic E-state index is 0.00854. The zero-order chi connectivity index (χ0) is 76.9. The monoisotopic (exact) mass is 1460 g/mol. The van der Waals surface area contributed by atoms with Gasteiger partial charge in [-0.3, -0.25) is 44.2 Å². The predicted molar refractivity (Wildman–Crippen MR) is 393 cm³/mol. The fraction of sp³-hybridized carbons (Fsp3) is 0.494. The van der Waals surface area contributed by atoms with E-state index in [1.807, 2.05) is 27.7 Å². The number of carbonyl (C=O) groups excluding carboxylic acids is 10. The molecule has 0 bridgehead atoms. The lowest BCUT2D eigenvalue weighted by Gasteiger charge is -2.24. The van der Waals surface area contributed by atoms with Gasteiger partial charge in [-0.2, -0.15) is 0 Å². The number of alkyl carbamates (subject to hydrolysis) is 1. The van der Waals surface area contributed by atoms with E-state index in [4.69, 9.17) is 37.9 Å². The van der Waals surface area contributed by atoms with Crippen molar-refractivity contribution in [2.45, 2.75) is 164 Å². The number of Topliss-reactive ketones (excluding diaryl/α,β-unsaturated/α-hetero) is 4. The molecule has 0 saturated heterocycles. The van der Waals surface area contributed by atoms with Gasteiger partial charge < -0.3 is 68.5 Å². The zero-order valence-electron chi connectivity index (χ0n) is 62.3. The SMILES string of the molecule is C=CCOC(=O)N[C@@H](C(=O)C[C@H](C)C(=O)Cc1ccc(COC(=O)Nc2cc(OCCCCCOc3cc(NC(=O)OCc4ccc(CC(=O)[C@@H](C)NC(=O)[C@H](CC(=O)CCOCCOC)C(C)C)cc4)c(C(=O)N4C=C(C)C[C@H]4CO)cc3C)c(OC)cc2C(=O)N2C=C(C)C[C@H]2CO)cc1)C(C)C. The Morgan fingerprint density at radius 2 is 1.08 bits per heavy atom. The van der Waals surface area contributed by atoms with E-state index in [1.54, 1.807) is 115 Å².